The second-order valence-electron chi connectivity index (χ2n) is 2.17. The van der Waals surface area contributed by atoms with Crippen LogP contribution in [0.2, 0.25) is 0 Å². The van der Waals surface area contributed by atoms with E-state index in [4.69, 9.17) is 0 Å². The molecule has 0 aliphatic rings. The zero-order valence-electron chi connectivity index (χ0n) is 6.46. The van der Waals surface area contributed by atoms with E-state index in [9.17, 15) is 0 Å². The van der Waals surface area contributed by atoms with Crippen LogP contribution < -0.4 is 9.88 Å². The lowest BCUT2D eigenvalue weighted by molar-refractivity contribution is -0.692. The number of aryl methyl sites for hydroxylation is 1. The molecule has 1 heterocycles. The predicted molar refractivity (Wildman–Crippen MR) is 41.9 cm³/mol. The first-order valence-electron chi connectivity index (χ1n) is 3.53. The Morgan fingerprint density at radius 3 is 3.00 bits per heavy atom. The van der Waals surface area contributed by atoms with E-state index in [1.54, 1.807) is 0 Å². The molecule has 1 aromatic heterocycles. The zero-order valence-corrected chi connectivity index (χ0v) is 6.46. The van der Waals surface area contributed by atoms with Gasteiger partial charge in [-0.1, -0.05) is 0 Å². The zero-order chi connectivity index (χ0) is 7.40. The number of aromatic nitrogens is 1. The minimum atomic E-state index is 1.02. The molecule has 0 unspecified atom stereocenters. The molecule has 54 valence electrons. The van der Waals surface area contributed by atoms with Gasteiger partial charge in [-0.05, 0) is 13.0 Å². The summed E-state index contributed by atoms with van der Waals surface area (Å²) >= 11 is 0. The topological polar surface area (TPSA) is 15.9 Å². The highest BCUT2D eigenvalue weighted by atomic mass is 14.9. The Hall–Kier alpha value is -1.05. The quantitative estimate of drug-likeness (QED) is 0.602. The highest BCUT2D eigenvalue weighted by Crippen LogP contribution is 1.98. The fraction of sp³-hybridized carbons (Fsp3) is 0.375. The summed E-state index contributed by atoms with van der Waals surface area (Å²) in [6, 6.07) is 4.08. The molecule has 1 aromatic rings. The first kappa shape index (κ1) is 7.06. The van der Waals surface area contributed by atoms with E-state index in [2.05, 4.69) is 29.2 Å². The number of nitrogens with one attached hydrogen (secondary N) is 1. The maximum absolute atomic E-state index is 3.08. The number of nitrogens with zero attached hydrogens (tertiary/aromatic N) is 1. The Morgan fingerprint density at radius 2 is 2.40 bits per heavy atom. The molecule has 0 saturated carbocycles. The van der Waals surface area contributed by atoms with Crippen molar-refractivity contribution in [3.05, 3.63) is 24.5 Å². The van der Waals surface area contributed by atoms with Crippen molar-refractivity contribution in [3.63, 3.8) is 0 Å². The van der Waals surface area contributed by atoms with Gasteiger partial charge in [-0.15, -0.1) is 0 Å². The Labute approximate surface area is 61.5 Å². The van der Waals surface area contributed by atoms with Crippen molar-refractivity contribution in [2.24, 2.45) is 0 Å². The molecule has 1 rings (SSSR count). The molecule has 0 spiro atoms. The number of anilines is 1. The van der Waals surface area contributed by atoms with Crippen LogP contribution in [0.4, 0.5) is 5.69 Å². The van der Waals surface area contributed by atoms with Gasteiger partial charge >= 0.3 is 0 Å². The van der Waals surface area contributed by atoms with Gasteiger partial charge in [-0.25, -0.2) is 4.57 Å². The van der Waals surface area contributed by atoms with Gasteiger partial charge in [-0.2, -0.15) is 0 Å². The number of pyridine rings is 1. The van der Waals surface area contributed by atoms with Gasteiger partial charge < -0.3 is 5.32 Å². The molecule has 0 saturated heterocycles. The summed E-state index contributed by atoms with van der Waals surface area (Å²) in [6.45, 7) is 3.15. The first-order chi connectivity index (χ1) is 4.86. The van der Waals surface area contributed by atoms with Gasteiger partial charge in [0.1, 0.15) is 6.54 Å². The van der Waals surface area contributed by atoms with Crippen molar-refractivity contribution in [2.45, 2.75) is 13.5 Å². The van der Waals surface area contributed by atoms with E-state index >= 15 is 0 Å². The van der Waals surface area contributed by atoms with E-state index < -0.39 is 0 Å². The summed E-state index contributed by atoms with van der Waals surface area (Å²) in [5, 5.41) is 3.08. The lowest BCUT2D eigenvalue weighted by atomic mass is 10.4. The molecular weight excluding hydrogens is 124 g/mol. The third-order valence-corrected chi connectivity index (χ3v) is 1.51. The standard InChI is InChI=1S/C8H13N2/c1-3-10-6-4-5-8(7-10)9-2/h4-7,9H,3H2,1-2H3/q+1. The monoisotopic (exact) mass is 137 g/mol. The maximum Gasteiger partial charge on any atom is 0.192 e. The van der Waals surface area contributed by atoms with Crippen LogP contribution >= 0.6 is 0 Å². The van der Waals surface area contributed by atoms with Gasteiger partial charge in [0.25, 0.3) is 0 Å². The molecule has 2 nitrogen and oxygen atoms in total. The molecule has 0 bridgehead atoms. The van der Waals surface area contributed by atoms with Crippen molar-refractivity contribution in [1.29, 1.82) is 0 Å². The van der Waals surface area contributed by atoms with E-state index in [0.717, 1.165) is 12.2 Å². The van der Waals surface area contributed by atoms with Crippen LogP contribution in [0.15, 0.2) is 24.5 Å². The van der Waals surface area contributed by atoms with Crippen molar-refractivity contribution in [3.8, 4) is 0 Å². The average molecular weight is 137 g/mol. The highest BCUT2D eigenvalue weighted by molar-refractivity contribution is 5.36. The van der Waals surface area contributed by atoms with Gasteiger partial charge in [0.05, 0.1) is 5.69 Å². The van der Waals surface area contributed by atoms with Gasteiger partial charge in [0.2, 0.25) is 0 Å². The molecule has 10 heavy (non-hydrogen) atoms. The number of rotatable bonds is 2. The van der Waals surface area contributed by atoms with Crippen LogP contribution in [-0.2, 0) is 6.54 Å². The molecule has 0 atom stereocenters. The largest absolute Gasteiger partial charge is 0.383 e. The van der Waals surface area contributed by atoms with Crippen molar-refractivity contribution >= 4 is 5.69 Å². The highest BCUT2D eigenvalue weighted by Gasteiger charge is 1.95. The molecule has 0 fully saturated rings. The minimum Gasteiger partial charge on any atom is -0.383 e. The fourth-order valence-corrected chi connectivity index (χ4v) is 0.867. The molecule has 0 aliphatic carbocycles. The van der Waals surface area contributed by atoms with Crippen LogP contribution in [0.25, 0.3) is 0 Å². The van der Waals surface area contributed by atoms with Crippen molar-refractivity contribution < 1.29 is 4.57 Å². The fourth-order valence-electron chi connectivity index (χ4n) is 0.867. The summed E-state index contributed by atoms with van der Waals surface area (Å²) in [7, 11) is 1.93. The normalized spacial score (nSPS) is 9.40. The van der Waals surface area contributed by atoms with Crippen LogP contribution in [0.1, 0.15) is 6.92 Å². The summed E-state index contributed by atoms with van der Waals surface area (Å²) in [5.74, 6) is 0. The first-order valence-corrected chi connectivity index (χ1v) is 3.53. The van der Waals surface area contributed by atoms with Gasteiger partial charge in [0, 0.05) is 13.1 Å². The number of hydrogen-bond acceptors (Lipinski definition) is 1. The maximum atomic E-state index is 3.08. The van der Waals surface area contributed by atoms with E-state index in [1.165, 1.54) is 0 Å². The SMILES string of the molecule is CC[n+]1cccc(NC)c1. The van der Waals surface area contributed by atoms with Crippen molar-refractivity contribution in [2.75, 3.05) is 12.4 Å². The lowest BCUT2D eigenvalue weighted by Gasteiger charge is -1.96. The predicted octanol–water partition coefficient (Wildman–Crippen LogP) is 1.04. The second kappa shape index (κ2) is 3.20. The van der Waals surface area contributed by atoms with E-state index in [0.29, 0.717) is 0 Å². The molecule has 0 amide bonds. The Balaban J connectivity index is 2.87. The Kier molecular flexibility index (Phi) is 2.26. The van der Waals surface area contributed by atoms with Crippen LogP contribution in [0.3, 0.4) is 0 Å². The lowest BCUT2D eigenvalue weighted by Crippen LogP contribution is -2.31. The van der Waals surface area contributed by atoms with E-state index in [-0.39, 0.29) is 0 Å². The van der Waals surface area contributed by atoms with Crippen molar-refractivity contribution in [1.82, 2.24) is 0 Å². The molecule has 1 N–H and O–H groups in total. The third kappa shape index (κ3) is 1.47. The van der Waals surface area contributed by atoms with Crippen LogP contribution in [0.5, 0.6) is 0 Å². The Bertz CT molecular complexity index is 189. The van der Waals surface area contributed by atoms with E-state index in [1.807, 2.05) is 19.2 Å². The third-order valence-electron chi connectivity index (χ3n) is 1.51. The van der Waals surface area contributed by atoms with Gasteiger partial charge in [0.15, 0.2) is 12.4 Å². The molecule has 0 radical (unpaired) electrons. The Morgan fingerprint density at radius 1 is 1.60 bits per heavy atom. The molecule has 0 aliphatic heterocycles. The summed E-state index contributed by atoms with van der Waals surface area (Å²) in [6.07, 6.45) is 4.14. The smallest absolute Gasteiger partial charge is 0.192 e. The molecular formula is C8H13N2+. The molecule has 2 heteroatoms. The number of hydrogen-bond donors (Lipinski definition) is 1. The summed E-state index contributed by atoms with van der Waals surface area (Å²) in [5.41, 5.74) is 1.16. The average Bonchev–Trinajstić information content (AvgIpc) is 2.05. The van der Waals surface area contributed by atoms with Gasteiger partial charge in [-0.3, -0.25) is 0 Å². The summed E-state index contributed by atoms with van der Waals surface area (Å²) < 4.78 is 2.13. The van der Waals surface area contributed by atoms with Crippen LogP contribution in [0, 0.1) is 0 Å². The second-order valence-corrected chi connectivity index (χ2v) is 2.17. The molecule has 0 aromatic carbocycles. The van der Waals surface area contributed by atoms with Crippen LogP contribution in [-0.4, -0.2) is 7.05 Å². The minimum absolute atomic E-state index is 1.02. The summed E-state index contributed by atoms with van der Waals surface area (Å²) in [4.78, 5) is 0.